The number of nitrogens with zero attached hydrogens (tertiary/aromatic N) is 3. The highest BCUT2D eigenvalue weighted by Gasteiger charge is 2.33. The van der Waals surface area contributed by atoms with E-state index in [-0.39, 0.29) is 17.9 Å². The van der Waals surface area contributed by atoms with Gasteiger partial charge in [-0.3, -0.25) is 14.6 Å². The number of likely N-dealkylation sites (N-methyl/N-ethyl adjacent to an activating group) is 1. The number of aromatic amines is 1. The Labute approximate surface area is 212 Å². The lowest BCUT2D eigenvalue weighted by Gasteiger charge is -2.40. The molecule has 1 N–H and O–H groups in total. The summed E-state index contributed by atoms with van der Waals surface area (Å²) in [5.41, 5.74) is 3.77. The molecule has 4 aromatic rings. The molecule has 6 heteroatoms. The third-order valence-electron chi connectivity index (χ3n) is 7.44. The molecule has 0 radical (unpaired) electrons. The fraction of sp³-hybridized carbons (Fsp3) is 0.300. The molecule has 1 aliphatic rings. The number of para-hydroxylation sites is 1. The summed E-state index contributed by atoms with van der Waals surface area (Å²) in [7, 11) is 1.89. The molecule has 0 bridgehead atoms. The fourth-order valence-electron chi connectivity index (χ4n) is 5.38. The van der Waals surface area contributed by atoms with E-state index in [0.717, 1.165) is 35.7 Å². The molecule has 1 unspecified atom stereocenters. The van der Waals surface area contributed by atoms with Crippen molar-refractivity contribution < 1.29 is 9.59 Å². The number of hydrogen-bond acceptors (Lipinski definition) is 3. The lowest BCUT2D eigenvalue weighted by atomic mass is 9.84. The zero-order chi connectivity index (χ0) is 24.9. The Bertz CT molecular complexity index is 1310. The maximum atomic E-state index is 13.3. The van der Waals surface area contributed by atoms with E-state index < -0.39 is 0 Å². The number of fused-ring (bicyclic) bond motifs is 1. The van der Waals surface area contributed by atoms with Gasteiger partial charge in [0, 0.05) is 49.5 Å². The number of rotatable bonds is 7. The Morgan fingerprint density at radius 2 is 1.72 bits per heavy atom. The molecule has 1 fully saturated rings. The Balaban J connectivity index is 1.27. The van der Waals surface area contributed by atoms with Crippen LogP contribution in [0.2, 0.25) is 0 Å². The highest BCUT2D eigenvalue weighted by Crippen LogP contribution is 2.28. The number of hydrogen-bond donors (Lipinski definition) is 1. The number of carbonyl (C=O) groups excluding carboxylic acids is 2. The van der Waals surface area contributed by atoms with Gasteiger partial charge >= 0.3 is 0 Å². The molecule has 1 saturated heterocycles. The Kier molecular flexibility index (Phi) is 7.12. The first kappa shape index (κ1) is 23.8. The van der Waals surface area contributed by atoms with E-state index >= 15 is 0 Å². The van der Waals surface area contributed by atoms with E-state index in [0.29, 0.717) is 31.1 Å². The third kappa shape index (κ3) is 5.18. The highest BCUT2D eigenvalue weighted by atomic mass is 16.2. The number of carbonyl (C=O) groups is 2. The van der Waals surface area contributed by atoms with Crippen LogP contribution in [-0.2, 0) is 17.6 Å². The first-order valence-electron chi connectivity index (χ1n) is 12.6. The second kappa shape index (κ2) is 10.8. The number of likely N-dealkylation sites (tertiary alicyclic amines) is 1. The van der Waals surface area contributed by atoms with E-state index in [9.17, 15) is 9.59 Å². The molecule has 36 heavy (non-hydrogen) atoms. The monoisotopic (exact) mass is 480 g/mol. The van der Waals surface area contributed by atoms with Crippen LogP contribution in [0, 0.1) is 5.92 Å². The summed E-state index contributed by atoms with van der Waals surface area (Å²) < 4.78 is 0. The molecular weight excluding hydrogens is 448 g/mol. The lowest BCUT2D eigenvalue weighted by molar-refractivity contribution is -0.132. The predicted octanol–water partition coefficient (Wildman–Crippen LogP) is 4.73. The summed E-state index contributed by atoms with van der Waals surface area (Å²) in [5.74, 6) is 0.408. The number of H-pyrrole nitrogens is 1. The molecule has 3 heterocycles. The molecular formula is C30H32N4O2. The van der Waals surface area contributed by atoms with Crippen molar-refractivity contribution in [2.24, 2.45) is 5.92 Å². The van der Waals surface area contributed by atoms with Crippen LogP contribution in [0.25, 0.3) is 10.9 Å². The first-order chi connectivity index (χ1) is 17.6. The normalized spacial score (nSPS) is 15.1. The van der Waals surface area contributed by atoms with Gasteiger partial charge in [0.05, 0.1) is 6.42 Å². The van der Waals surface area contributed by atoms with Crippen LogP contribution >= 0.6 is 0 Å². The van der Waals surface area contributed by atoms with Gasteiger partial charge in [0.1, 0.15) is 5.69 Å². The number of piperidine rings is 1. The molecule has 6 nitrogen and oxygen atoms in total. The van der Waals surface area contributed by atoms with Gasteiger partial charge in [0.2, 0.25) is 5.91 Å². The summed E-state index contributed by atoms with van der Waals surface area (Å²) in [6.07, 6.45) is 6.53. The summed E-state index contributed by atoms with van der Waals surface area (Å²) in [6.45, 7) is 1.42. The van der Waals surface area contributed by atoms with Crippen LogP contribution in [0.1, 0.15) is 34.5 Å². The van der Waals surface area contributed by atoms with Crippen LogP contribution in [0.4, 0.5) is 0 Å². The van der Waals surface area contributed by atoms with Crippen LogP contribution in [0.3, 0.4) is 0 Å². The molecule has 0 aliphatic carbocycles. The van der Waals surface area contributed by atoms with Crippen molar-refractivity contribution in [2.75, 3.05) is 20.1 Å². The Hall–Kier alpha value is -3.93. The van der Waals surface area contributed by atoms with Crippen molar-refractivity contribution in [3.8, 4) is 0 Å². The standard InChI is InChI=1S/C30H32N4O2/c1-33(30(36)27-13-7-8-16-31-27)28(19-22-9-3-2-4-10-22)23-14-17-34(18-15-23)29(35)20-24-21-32-26-12-6-5-11-25(24)26/h2-13,16,21,23,28,32H,14-15,17-20H2,1H3. The Morgan fingerprint density at radius 3 is 2.47 bits per heavy atom. The van der Waals surface area contributed by atoms with Gasteiger partial charge in [0.15, 0.2) is 0 Å². The lowest BCUT2D eigenvalue weighted by Crippen LogP contribution is -2.48. The van der Waals surface area contributed by atoms with Crippen molar-refractivity contribution in [3.05, 3.63) is 102 Å². The Morgan fingerprint density at radius 1 is 1.00 bits per heavy atom. The van der Waals surface area contributed by atoms with Crippen molar-refractivity contribution >= 4 is 22.7 Å². The summed E-state index contributed by atoms with van der Waals surface area (Å²) in [6, 6.07) is 23.9. The maximum Gasteiger partial charge on any atom is 0.272 e. The molecule has 2 amide bonds. The van der Waals surface area contributed by atoms with E-state index in [1.54, 1.807) is 12.3 Å². The van der Waals surface area contributed by atoms with E-state index in [4.69, 9.17) is 0 Å². The molecule has 2 aromatic carbocycles. The summed E-state index contributed by atoms with van der Waals surface area (Å²) >= 11 is 0. The minimum atomic E-state index is -0.0608. The zero-order valence-electron chi connectivity index (χ0n) is 20.6. The molecule has 184 valence electrons. The third-order valence-corrected chi connectivity index (χ3v) is 7.44. The molecule has 2 aromatic heterocycles. The van der Waals surface area contributed by atoms with Gasteiger partial charge in [-0.15, -0.1) is 0 Å². The predicted molar refractivity (Wildman–Crippen MR) is 142 cm³/mol. The van der Waals surface area contributed by atoms with E-state index in [1.807, 2.05) is 71.6 Å². The summed E-state index contributed by atoms with van der Waals surface area (Å²) in [4.78, 5) is 37.8. The largest absolute Gasteiger partial charge is 0.361 e. The second-order valence-electron chi connectivity index (χ2n) is 9.64. The zero-order valence-corrected chi connectivity index (χ0v) is 20.6. The average molecular weight is 481 g/mol. The fourth-order valence-corrected chi connectivity index (χ4v) is 5.38. The average Bonchev–Trinajstić information content (AvgIpc) is 3.35. The number of benzene rings is 2. The molecule has 0 saturated carbocycles. The number of pyridine rings is 1. The minimum Gasteiger partial charge on any atom is -0.361 e. The number of nitrogens with one attached hydrogen (secondary N) is 1. The molecule has 5 rings (SSSR count). The highest BCUT2D eigenvalue weighted by molar-refractivity contribution is 5.92. The van der Waals surface area contributed by atoms with Gasteiger partial charge < -0.3 is 14.8 Å². The topological polar surface area (TPSA) is 69.3 Å². The van der Waals surface area contributed by atoms with Gasteiger partial charge in [-0.05, 0) is 54.5 Å². The number of aromatic nitrogens is 2. The molecule has 0 spiro atoms. The van der Waals surface area contributed by atoms with Crippen LogP contribution in [0.15, 0.2) is 85.2 Å². The van der Waals surface area contributed by atoms with Gasteiger partial charge in [-0.1, -0.05) is 54.6 Å². The maximum absolute atomic E-state index is 13.3. The van der Waals surface area contributed by atoms with Crippen LogP contribution < -0.4 is 0 Å². The van der Waals surface area contributed by atoms with Crippen LogP contribution in [0.5, 0.6) is 0 Å². The molecule has 1 atom stereocenters. The number of amides is 2. The van der Waals surface area contributed by atoms with E-state index in [1.165, 1.54) is 5.56 Å². The van der Waals surface area contributed by atoms with Crippen molar-refractivity contribution in [1.82, 2.24) is 19.8 Å². The van der Waals surface area contributed by atoms with E-state index in [2.05, 4.69) is 28.2 Å². The van der Waals surface area contributed by atoms with Gasteiger partial charge in [-0.25, -0.2) is 0 Å². The quantitative estimate of drug-likeness (QED) is 0.416. The molecule has 1 aliphatic heterocycles. The van der Waals surface area contributed by atoms with Crippen molar-refractivity contribution in [1.29, 1.82) is 0 Å². The van der Waals surface area contributed by atoms with Gasteiger partial charge in [0.25, 0.3) is 5.91 Å². The first-order valence-corrected chi connectivity index (χ1v) is 12.6. The smallest absolute Gasteiger partial charge is 0.272 e. The SMILES string of the molecule is CN(C(=O)c1ccccn1)C(Cc1ccccc1)C1CCN(C(=O)Cc2c[nH]c3ccccc23)CC1. The minimum absolute atomic E-state index is 0.0350. The second-order valence-corrected chi connectivity index (χ2v) is 9.64. The van der Waals surface area contributed by atoms with Crippen LogP contribution in [-0.4, -0.2) is 57.8 Å². The summed E-state index contributed by atoms with van der Waals surface area (Å²) in [5, 5.41) is 1.11. The van der Waals surface area contributed by atoms with Gasteiger partial charge in [-0.2, -0.15) is 0 Å². The van der Waals surface area contributed by atoms with Crippen molar-refractivity contribution in [2.45, 2.75) is 31.7 Å². The van der Waals surface area contributed by atoms with Crippen molar-refractivity contribution in [3.63, 3.8) is 0 Å².